The van der Waals surface area contributed by atoms with E-state index >= 15 is 0 Å². The maximum Gasteiger partial charge on any atom is 0.122 e. The van der Waals surface area contributed by atoms with E-state index in [1.807, 2.05) is 25.8 Å². The van der Waals surface area contributed by atoms with Crippen molar-refractivity contribution in [2.24, 2.45) is 0 Å². The van der Waals surface area contributed by atoms with Crippen LogP contribution in [0.15, 0.2) is 0 Å². The summed E-state index contributed by atoms with van der Waals surface area (Å²) >= 11 is 0. The van der Waals surface area contributed by atoms with E-state index in [9.17, 15) is 4.39 Å². The lowest BCUT2D eigenvalue weighted by molar-refractivity contribution is 0.0428. The zero-order valence-corrected chi connectivity index (χ0v) is 9.01. The van der Waals surface area contributed by atoms with E-state index in [-0.39, 0.29) is 12.1 Å². The van der Waals surface area contributed by atoms with Gasteiger partial charge in [-0.2, -0.15) is 0 Å². The van der Waals surface area contributed by atoms with Gasteiger partial charge in [0.05, 0.1) is 12.7 Å². The van der Waals surface area contributed by atoms with E-state index in [4.69, 9.17) is 4.74 Å². The molecule has 1 fully saturated rings. The molecule has 1 saturated heterocycles. The van der Waals surface area contributed by atoms with Gasteiger partial charge in [0.1, 0.15) is 5.67 Å². The Bertz CT molecular complexity index is 170. The van der Waals surface area contributed by atoms with E-state index in [0.717, 1.165) is 0 Å². The van der Waals surface area contributed by atoms with Crippen LogP contribution in [0.25, 0.3) is 0 Å². The van der Waals surface area contributed by atoms with Crippen molar-refractivity contribution in [1.82, 2.24) is 4.90 Å². The van der Waals surface area contributed by atoms with Crippen LogP contribution in [0.5, 0.6) is 0 Å². The first-order chi connectivity index (χ1) is 5.91. The maximum atomic E-state index is 13.5. The summed E-state index contributed by atoms with van der Waals surface area (Å²) in [5, 5.41) is 0. The summed E-state index contributed by atoms with van der Waals surface area (Å²) in [7, 11) is 1.96. The van der Waals surface area contributed by atoms with Crippen LogP contribution in [0, 0.1) is 0 Å². The monoisotopic (exact) mass is 189 g/mol. The van der Waals surface area contributed by atoms with Crippen molar-refractivity contribution >= 4 is 0 Å². The highest BCUT2D eigenvalue weighted by atomic mass is 19.1. The van der Waals surface area contributed by atoms with Gasteiger partial charge in [-0.25, -0.2) is 4.39 Å². The molecule has 0 saturated carbocycles. The average molecular weight is 189 g/mol. The highest BCUT2D eigenvalue weighted by Gasteiger charge is 2.38. The van der Waals surface area contributed by atoms with Gasteiger partial charge in [-0.15, -0.1) is 0 Å². The van der Waals surface area contributed by atoms with E-state index in [1.165, 1.54) is 0 Å². The fourth-order valence-corrected chi connectivity index (χ4v) is 1.85. The van der Waals surface area contributed by atoms with E-state index in [1.54, 1.807) is 6.92 Å². The first-order valence-electron chi connectivity index (χ1n) is 4.91. The molecule has 0 spiro atoms. The number of hydrogen-bond acceptors (Lipinski definition) is 2. The van der Waals surface area contributed by atoms with Gasteiger partial charge in [-0.3, -0.25) is 4.90 Å². The third-order valence-corrected chi connectivity index (χ3v) is 2.49. The molecule has 1 aliphatic rings. The minimum atomic E-state index is -1.03. The van der Waals surface area contributed by atoms with Gasteiger partial charge < -0.3 is 4.74 Å². The number of hydrogen-bond donors (Lipinski definition) is 0. The minimum Gasteiger partial charge on any atom is -0.377 e. The average Bonchev–Trinajstić information content (AvgIpc) is 2.20. The predicted octanol–water partition coefficient (Wildman–Crippen LogP) is 1.84. The van der Waals surface area contributed by atoms with Gasteiger partial charge >= 0.3 is 0 Å². The largest absolute Gasteiger partial charge is 0.377 e. The molecule has 2 nitrogen and oxygen atoms in total. The molecule has 0 amide bonds. The fraction of sp³-hybridized carbons (Fsp3) is 1.00. The molecule has 1 heterocycles. The zero-order chi connectivity index (χ0) is 10.1. The molecule has 78 valence electrons. The van der Waals surface area contributed by atoms with Crippen LogP contribution in [-0.4, -0.2) is 42.9 Å². The van der Waals surface area contributed by atoms with Crippen molar-refractivity contribution in [2.75, 3.05) is 20.2 Å². The Morgan fingerprint density at radius 1 is 1.62 bits per heavy atom. The Kier molecular flexibility index (Phi) is 3.30. The Morgan fingerprint density at radius 3 is 2.62 bits per heavy atom. The quantitative estimate of drug-likeness (QED) is 0.671. The number of ether oxygens (including phenoxy) is 1. The van der Waals surface area contributed by atoms with Gasteiger partial charge in [0.15, 0.2) is 0 Å². The lowest BCUT2D eigenvalue weighted by Gasteiger charge is -2.19. The Morgan fingerprint density at radius 2 is 2.23 bits per heavy atom. The van der Waals surface area contributed by atoms with E-state index < -0.39 is 5.67 Å². The number of halogens is 1. The van der Waals surface area contributed by atoms with Crippen molar-refractivity contribution in [1.29, 1.82) is 0 Å². The van der Waals surface area contributed by atoms with E-state index in [2.05, 4.69) is 0 Å². The standard InChI is InChI=1S/C10H20FNO/c1-8(2)13-6-9-5-10(3,11)7-12(9)4/h8-9H,5-7H2,1-4H3/t9-,10?/m0/s1. The normalized spacial score (nSPS) is 36.0. The van der Waals surface area contributed by atoms with Crippen molar-refractivity contribution in [3.63, 3.8) is 0 Å². The van der Waals surface area contributed by atoms with Gasteiger partial charge in [0.25, 0.3) is 0 Å². The van der Waals surface area contributed by atoms with Crippen LogP contribution >= 0.6 is 0 Å². The fourth-order valence-electron chi connectivity index (χ4n) is 1.85. The molecule has 0 radical (unpaired) electrons. The third kappa shape index (κ3) is 3.24. The summed E-state index contributed by atoms with van der Waals surface area (Å²) in [6, 6.07) is 0.248. The molecular weight excluding hydrogens is 169 g/mol. The maximum absolute atomic E-state index is 13.5. The molecule has 1 rings (SSSR count). The summed E-state index contributed by atoms with van der Waals surface area (Å²) < 4.78 is 19.0. The van der Waals surface area contributed by atoms with Crippen molar-refractivity contribution in [2.45, 2.75) is 45.0 Å². The second kappa shape index (κ2) is 3.93. The van der Waals surface area contributed by atoms with Crippen LogP contribution < -0.4 is 0 Å². The number of likely N-dealkylation sites (N-methyl/N-ethyl adjacent to an activating group) is 1. The summed E-state index contributed by atoms with van der Waals surface area (Å²) in [6.45, 7) is 6.85. The highest BCUT2D eigenvalue weighted by Crippen LogP contribution is 2.29. The van der Waals surface area contributed by atoms with Crippen molar-refractivity contribution in [3.05, 3.63) is 0 Å². The first-order valence-corrected chi connectivity index (χ1v) is 4.91. The molecule has 1 aliphatic heterocycles. The molecule has 0 aromatic carbocycles. The van der Waals surface area contributed by atoms with E-state index in [0.29, 0.717) is 19.6 Å². The Labute approximate surface area is 80.1 Å². The van der Waals surface area contributed by atoms with Crippen LogP contribution in [-0.2, 0) is 4.74 Å². The lowest BCUT2D eigenvalue weighted by Crippen LogP contribution is -2.30. The van der Waals surface area contributed by atoms with Gasteiger partial charge in [0, 0.05) is 19.0 Å². The molecular formula is C10H20FNO. The second-order valence-corrected chi connectivity index (χ2v) is 4.57. The molecule has 1 unspecified atom stereocenters. The molecule has 3 heteroatoms. The smallest absolute Gasteiger partial charge is 0.122 e. The minimum absolute atomic E-state index is 0.236. The third-order valence-electron chi connectivity index (χ3n) is 2.49. The summed E-state index contributed by atoms with van der Waals surface area (Å²) in [4.78, 5) is 2.04. The van der Waals surface area contributed by atoms with Gasteiger partial charge in [-0.1, -0.05) is 0 Å². The molecule has 13 heavy (non-hydrogen) atoms. The van der Waals surface area contributed by atoms with Crippen molar-refractivity contribution < 1.29 is 9.13 Å². The highest BCUT2D eigenvalue weighted by molar-refractivity contribution is 4.92. The number of rotatable bonds is 3. The Hall–Kier alpha value is -0.150. The second-order valence-electron chi connectivity index (χ2n) is 4.57. The first kappa shape index (κ1) is 10.9. The lowest BCUT2D eigenvalue weighted by atomic mass is 10.1. The summed E-state index contributed by atoms with van der Waals surface area (Å²) in [5.74, 6) is 0. The van der Waals surface area contributed by atoms with Crippen LogP contribution in [0.1, 0.15) is 27.2 Å². The topological polar surface area (TPSA) is 12.5 Å². The number of alkyl halides is 1. The van der Waals surface area contributed by atoms with Crippen LogP contribution in [0.4, 0.5) is 4.39 Å². The SMILES string of the molecule is CC(C)OC[C@@H]1CC(C)(F)CN1C. The van der Waals surface area contributed by atoms with Gasteiger partial charge in [0.2, 0.25) is 0 Å². The predicted molar refractivity (Wildman–Crippen MR) is 51.6 cm³/mol. The number of nitrogens with zero attached hydrogens (tertiary/aromatic N) is 1. The van der Waals surface area contributed by atoms with Crippen LogP contribution in [0.2, 0.25) is 0 Å². The molecule has 0 aromatic rings. The molecule has 0 N–H and O–H groups in total. The number of likely N-dealkylation sites (tertiary alicyclic amines) is 1. The van der Waals surface area contributed by atoms with Gasteiger partial charge in [-0.05, 0) is 27.8 Å². The summed E-state index contributed by atoms with van der Waals surface area (Å²) in [5.41, 5.74) is -1.03. The molecule has 0 aliphatic carbocycles. The summed E-state index contributed by atoms with van der Waals surface area (Å²) in [6.07, 6.45) is 0.829. The van der Waals surface area contributed by atoms with Crippen molar-refractivity contribution in [3.8, 4) is 0 Å². The molecule has 0 aromatic heterocycles. The zero-order valence-electron chi connectivity index (χ0n) is 9.01. The molecule has 0 bridgehead atoms. The van der Waals surface area contributed by atoms with Crippen LogP contribution in [0.3, 0.4) is 0 Å². The molecule has 2 atom stereocenters. The Balaban J connectivity index is 2.35.